The molecule has 0 amide bonds. The Morgan fingerprint density at radius 2 is 2.39 bits per heavy atom. The number of pyridine rings is 1. The Bertz CT molecular complexity index is 338. The largest absolute Gasteiger partial charge is 0.379 e. The van der Waals surface area contributed by atoms with Crippen LogP contribution >= 0.6 is 0 Å². The van der Waals surface area contributed by atoms with Crippen LogP contribution in [-0.4, -0.2) is 36.8 Å². The van der Waals surface area contributed by atoms with Crippen LogP contribution in [0.25, 0.3) is 0 Å². The van der Waals surface area contributed by atoms with Gasteiger partial charge in [-0.3, -0.25) is 4.98 Å². The molecule has 2 rings (SSSR count). The second-order valence-electron chi connectivity index (χ2n) is 5.01. The lowest BCUT2D eigenvalue weighted by Crippen LogP contribution is -2.45. The highest BCUT2D eigenvalue weighted by Gasteiger charge is 2.17. The summed E-state index contributed by atoms with van der Waals surface area (Å²) >= 11 is 0. The molecule has 100 valence electrons. The van der Waals surface area contributed by atoms with E-state index in [-0.39, 0.29) is 6.04 Å². The van der Waals surface area contributed by atoms with Gasteiger partial charge in [0.2, 0.25) is 0 Å². The average molecular weight is 249 g/mol. The number of ether oxygens (including phenoxy) is 1. The van der Waals surface area contributed by atoms with Crippen molar-refractivity contribution < 1.29 is 4.74 Å². The van der Waals surface area contributed by atoms with Gasteiger partial charge in [0.05, 0.1) is 18.9 Å². The third kappa shape index (κ3) is 4.05. The maximum absolute atomic E-state index is 5.47. The molecule has 4 nitrogen and oxygen atoms in total. The van der Waals surface area contributed by atoms with E-state index >= 15 is 0 Å². The summed E-state index contributed by atoms with van der Waals surface area (Å²) in [7, 11) is 0. The lowest BCUT2D eigenvalue weighted by Gasteiger charge is -2.28. The van der Waals surface area contributed by atoms with Crippen molar-refractivity contribution in [2.45, 2.75) is 38.4 Å². The summed E-state index contributed by atoms with van der Waals surface area (Å²) in [4.78, 5) is 4.38. The third-order valence-corrected chi connectivity index (χ3v) is 3.30. The predicted molar refractivity (Wildman–Crippen MR) is 72.5 cm³/mol. The average Bonchev–Trinajstić information content (AvgIpc) is 2.40. The van der Waals surface area contributed by atoms with E-state index in [2.05, 4.69) is 35.5 Å². The Morgan fingerprint density at radius 1 is 1.50 bits per heavy atom. The number of nitrogens with zero attached hydrogens (tertiary/aromatic N) is 1. The zero-order valence-electron chi connectivity index (χ0n) is 11.2. The van der Waals surface area contributed by atoms with Crippen LogP contribution in [0.2, 0.25) is 0 Å². The van der Waals surface area contributed by atoms with Crippen LogP contribution in [0.15, 0.2) is 24.4 Å². The van der Waals surface area contributed by atoms with Crippen LogP contribution in [-0.2, 0) is 4.74 Å². The van der Waals surface area contributed by atoms with Gasteiger partial charge in [0.25, 0.3) is 0 Å². The van der Waals surface area contributed by atoms with Crippen molar-refractivity contribution in [3.05, 3.63) is 30.1 Å². The van der Waals surface area contributed by atoms with Gasteiger partial charge in [0.1, 0.15) is 0 Å². The fourth-order valence-electron chi connectivity index (χ4n) is 2.41. The maximum atomic E-state index is 5.47. The van der Waals surface area contributed by atoms with Gasteiger partial charge in [0.15, 0.2) is 0 Å². The van der Waals surface area contributed by atoms with Gasteiger partial charge in [0, 0.05) is 30.9 Å². The Kier molecular flexibility index (Phi) is 5.11. The van der Waals surface area contributed by atoms with Crippen molar-refractivity contribution in [3.8, 4) is 0 Å². The number of hydrogen-bond donors (Lipinski definition) is 2. The summed E-state index contributed by atoms with van der Waals surface area (Å²) in [6.45, 7) is 7.00. The number of aromatic nitrogens is 1. The fourth-order valence-corrected chi connectivity index (χ4v) is 2.41. The van der Waals surface area contributed by atoms with Crippen LogP contribution < -0.4 is 10.6 Å². The highest BCUT2D eigenvalue weighted by Crippen LogP contribution is 2.11. The molecule has 0 aliphatic carbocycles. The molecule has 0 radical (unpaired) electrons. The van der Waals surface area contributed by atoms with Crippen molar-refractivity contribution >= 4 is 0 Å². The van der Waals surface area contributed by atoms with Crippen LogP contribution in [0.3, 0.4) is 0 Å². The van der Waals surface area contributed by atoms with E-state index in [1.165, 1.54) is 0 Å². The summed E-state index contributed by atoms with van der Waals surface area (Å²) in [5.74, 6) is 0. The second-order valence-corrected chi connectivity index (χ2v) is 5.01. The molecule has 3 atom stereocenters. The van der Waals surface area contributed by atoms with Gasteiger partial charge in [-0.25, -0.2) is 0 Å². The molecule has 0 spiro atoms. The monoisotopic (exact) mass is 249 g/mol. The van der Waals surface area contributed by atoms with Crippen LogP contribution in [0.1, 0.15) is 32.0 Å². The predicted octanol–water partition coefficient (Wildman–Crippen LogP) is 1.50. The lowest BCUT2D eigenvalue weighted by molar-refractivity contribution is 0.0708. The molecule has 2 heterocycles. The van der Waals surface area contributed by atoms with Gasteiger partial charge >= 0.3 is 0 Å². The quantitative estimate of drug-likeness (QED) is 0.830. The highest BCUT2D eigenvalue weighted by atomic mass is 16.5. The fraction of sp³-hybridized carbons (Fsp3) is 0.643. The summed E-state index contributed by atoms with van der Waals surface area (Å²) in [6.07, 6.45) is 2.92. The molecular weight excluding hydrogens is 226 g/mol. The normalized spacial score (nSPS) is 23.6. The molecule has 0 aromatic carbocycles. The van der Waals surface area contributed by atoms with Crippen molar-refractivity contribution in [1.29, 1.82) is 0 Å². The van der Waals surface area contributed by atoms with Crippen molar-refractivity contribution in [2.24, 2.45) is 0 Å². The van der Waals surface area contributed by atoms with E-state index in [1.807, 2.05) is 18.3 Å². The molecule has 4 heteroatoms. The zero-order valence-corrected chi connectivity index (χ0v) is 11.2. The van der Waals surface area contributed by atoms with E-state index in [0.29, 0.717) is 12.1 Å². The zero-order chi connectivity index (χ0) is 12.8. The van der Waals surface area contributed by atoms with Crippen LogP contribution in [0.4, 0.5) is 0 Å². The van der Waals surface area contributed by atoms with E-state index in [9.17, 15) is 0 Å². The first-order valence-corrected chi connectivity index (χ1v) is 6.74. The molecule has 1 saturated heterocycles. The molecule has 1 aromatic heterocycles. The molecule has 1 fully saturated rings. The first kappa shape index (κ1) is 13.5. The number of nitrogens with one attached hydrogen (secondary N) is 2. The number of rotatable bonds is 5. The van der Waals surface area contributed by atoms with E-state index in [4.69, 9.17) is 4.74 Å². The van der Waals surface area contributed by atoms with Crippen LogP contribution in [0.5, 0.6) is 0 Å². The van der Waals surface area contributed by atoms with Crippen molar-refractivity contribution in [2.75, 3.05) is 19.8 Å². The SMILES string of the molecule is CC(CC1COCCN1)NC(C)c1ccccn1. The maximum Gasteiger partial charge on any atom is 0.0620 e. The van der Waals surface area contributed by atoms with Gasteiger partial charge in [-0.2, -0.15) is 0 Å². The van der Waals surface area contributed by atoms with Crippen molar-refractivity contribution in [1.82, 2.24) is 15.6 Å². The number of morpholine rings is 1. The molecule has 1 aliphatic heterocycles. The minimum Gasteiger partial charge on any atom is -0.379 e. The second kappa shape index (κ2) is 6.83. The summed E-state index contributed by atoms with van der Waals surface area (Å²) in [5, 5.41) is 7.07. The standard InChI is InChI=1S/C14H23N3O/c1-11(9-13-10-18-8-7-15-13)17-12(2)14-5-3-4-6-16-14/h3-6,11-13,15,17H,7-10H2,1-2H3. The Morgan fingerprint density at radius 3 is 3.06 bits per heavy atom. The first-order valence-electron chi connectivity index (χ1n) is 6.74. The summed E-state index contributed by atoms with van der Waals surface area (Å²) in [6, 6.07) is 7.24. The Labute approximate surface area is 109 Å². The Hall–Kier alpha value is -0.970. The van der Waals surface area contributed by atoms with Gasteiger partial charge in [-0.15, -0.1) is 0 Å². The molecule has 18 heavy (non-hydrogen) atoms. The molecule has 1 aromatic rings. The molecule has 2 N–H and O–H groups in total. The minimum absolute atomic E-state index is 0.283. The van der Waals surface area contributed by atoms with E-state index in [1.54, 1.807) is 0 Å². The third-order valence-electron chi connectivity index (χ3n) is 3.30. The van der Waals surface area contributed by atoms with Gasteiger partial charge < -0.3 is 15.4 Å². The first-order chi connectivity index (χ1) is 8.75. The molecule has 0 saturated carbocycles. The number of hydrogen-bond acceptors (Lipinski definition) is 4. The molecule has 0 bridgehead atoms. The minimum atomic E-state index is 0.283. The van der Waals surface area contributed by atoms with E-state index in [0.717, 1.165) is 31.9 Å². The topological polar surface area (TPSA) is 46.2 Å². The van der Waals surface area contributed by atoms with Crippen LogP contribution in [0, 0.1) is 0 Å². The molecular formula is C14H23N3O. The summed E-state index contributed by atoms with van der Waals surface area (Å²) < 4.78 is 5.47. The molecule has 3 unspecified atom stereocenters. The summed E-state index contributed by atoms with van der Waals surface area (Å²) in [5.41, 5.74) is 1.09. The van der Waals surface area contributed by atoms with Crippen molar-refractivity contribution in [3.63, 3.8) is 0 Å². The highest BCUT2D eigenvalue weighted by molar-refractivity contribution is 5.07. The van der Waals surface area contributed by atoms with Gasteiger partial charge in [-0.1, -0.05) is 6.07 Å². The van der Waals surface area contributed by atoms with Gasteiger partial charge in [-0.05, 0) is 32.4 Å². The Balaban J connectivity index is 1.78. The van der Waals surface area contributed by atoms with E-state index < -0.39 is 0 Å². The smallest absolute Gasteiger partial charge is 0.0620 e. The molecule has 1 aliphatic rings. The lowest BCUT2D eigenvalue weighted by atomic mass is 10.1.